The molecule has 0 spiro atoms. The van der Waals surface area contributed by atoms with Crippen molar-refractivity contribution in [1.29, 1.82) is 0 Å². The number of hydrogen-bond acceptors (Lipinski definition) is 4. The molecule has 0 unspecified atom stereocenters. The number of esters is 1. The first-order valence-electron chi connectivity index (χ1n) is 5.12. The van der Waals surface area contributed by atoms with Crippen LogP contribution in [0.3, 0.4) is 0 Å². The molecule has 4 heteroatoms. The van der Waals surface area contributed by atoms with E-state index in [4.69, 9.17) is 14.3 Å². The van der Waals surface area contributed by atoms with E-state index < -0.39 is 0 Å². The molecular formula is C11H16O4. The van der Waals surface area contributed by atoms with Crippen LogP contribution in [-0.2, 0) is 16.1 Å². The van der Waals surface area contributed by atoms with Crippen LogP contribution in [0.15, 0.2) is 22.8 Å². The predicted octanol–water partition coefficient (Wildman–Crippen LogP) is 1.88. The molecule has 84 valence electrons. The Bertz CT molecular complexity index is 256. The number of hydrogen-bond donors (Lipinski definition) is 1. The van der Waals surface area contributed by atoms with Gasteiger partial charge in [0.1, 0.15) is 12.4 Å². The van der Waals surface area contributed by atoms with Gasteiger partial charge < -0.3 is 14.3 Å². The van der Waals surface area contributed by atoms with Crippen molar-refractivity contribution >= 4 is 5.97 Å². The fourth-order valence-electron chi connectivity index (χ4n) is 1.21. The molecule has 1 N–H and O–H groups in total. The molecule has 1 aliphatic rings. The van der Waals surface area contributed by atoms with E-state index in [1.165, 1.54) is 6.26 Å². The topological polar surface area (TPSA) is 59.7 Å². The molecule has 0 bridgehead atoms. The quantitative estimate of drug-likeness (QED) is 0.722. The number of cyclic esters (lactones) is 1. The summed E-state index contributed by atoms with van der Waals surface area (Å²) in [4.78, 5) is 10.5. The van der Waals surface area contributed by atoms with E-state index in [0.29, 0.717) is 18.8 Å². The van der Waals surface area contributed by atoms with Gasteiger partial charge in [-0.1, -0.05) is 0 Å². The molecule has 1 aromatic heterocycles. The lowest BCUT2D eigenvalue weighted by Crippen LogP contribution is -2.00. The summed E-state index contributed by atoms with van der Waals surface area (Å²) in [5, 5.41) is 8.33. The molecular weight excluding hydrogens is 196 g/mol. The largest absolute Gasteiger partial charge is 0.467 e. The number of carbonyl (C=O) groups excluding carboxylic acids is 1. The number of aliphatic hydroxyl groups excluding tert-OH is 1. The molecule has 1 aliphatic heterocycles. The third kappa shape index (κ3) is 5.22. The zero-order valence-electron chi connectivity index (χ0n) is 8.65. The Kier molecular flexibility index (Phi) is 5.55. The smallest absolute Gasteiger partial charge is 0.305 e. The van der Waals surface area contributed by atoms with Crippen molar-refractivity contribution in [3.05, 3.63) is 24.2 Å². The highest BCUT2D eigenvalue weighted by molar-refractivity contribution is 5.69. The lowest BCUT2D eigenvalue weighted by Gasteiger charge is -1.93. The lowest BCUT2D eigenvalue weighted by atomic mass is 10.2. The minimum atomic E-state index is -0.0255. The van der Waals surface area contributed by atoms with Crippen LogP contribution in [0.2, 0.25) is 0 Å². The summed E-state index contributed by atoms with van der Waals surface area (Å²) in [6.07, 6.45) is 5.36. The van der Waals surface area contributed by atoms with Gasteiger partial charge in [0.25, 0.3) is 0 Å². The summed E-state index contributed by atoms with van der Waals surface area (Å²) in [6, 6.07) is 3.46. The Balaban J connectivity index is 0.000000151. The van der Waals surface area contributed by atoms with E-state index in [0.717, 1.165) is 19.3 Å². The molecule has 0 amide bonds. The van der Waals surface area contributed by atoms with Crippen LogP contribution in [0.1, 0.15) is 31.4 Å². The molecule has 0 radical (unpaired) electrons. The van der Waals surface area contributed by atoms with Gasteiger partial charge in [0.15, 0.2) is 0 Å². The first kappa shape index (κ1) is 11.8. The van der Waals surface area contributed by atoms with Crippen LogP contribution in [0.5, 0.6) is 0 Å². The van der Waals surface area contributed by atoms with Crippen LogP contribution in [0.4, 0.5) is 0 Å². The standard InChI is InChI=1S/C6H10O2.C5H6O2/c7-6-4-2-1-3-5-8-6;6-4-5-2-1-3-7-5/h1-5H2;1-3,6H,4H2. The van der Waals surface area contributed by atoms with Crippen molar-refractivity contribution in [2.45, 2.75) is 32.3 Å². The maximum Gasteiger partial charge on any atom is 0.305 e. The second kappa shape index (κ2) is 7.06. The Morgan fingerprint density at radius 2 is 2.20 bits per heavy atom. The SMILES string of the molecule is O=C1CCCCCO1.OCc1ccco1. The molecule has 1 aromatic rings. The normalized spacial score (nSPS) is 15.9. The van der Waals surface area contributed by atoms with Crippen molar-refractivity contribution in [3.63, 3.8) is 0 Å². The number of furan rings is 1. The summed E-state index contributed by atoms with van der Waals surface area (Å²) in [6.45, 7) is 0.631. The Hall–Kier alpha value is -1.29. The van der Waals surface area contributed by atoms with Gasteiger partial charge in [-0.2, -0.15) is 0 Å². The molecule has 1 fully saturated rings. The van der Waals surface area contributed by atoms with Gasteiger partial charge in [0.05, 0.1) is 12.9 Å². The van der Waals surface area contributed by atoms with Crippen molar-refractivity contribution in [3.8, 4) is 0 Å². The number of ether oxygens (including phenoxy) is 1. The average Bonchev–Trinajstić information content (AvgIpc) is 2.67. The van der Waals surface area contributed by atoms with Crippen LogP contribution < -0.4 is 0 Å². The maximum atomic E-state index is 10.5. The predicted molar refractivity (Wildman–Crippen MR) is 54.1 cm³/mol. The van der Waals surface area contributed by atoms with E-state index in [1.54, 1.807) is 12.1 Å². The second-order valence-electron chi connectivity index (χ2n) is 3.27. The Morgan fingerprint density at radius 1 is 1.33 bits per heavy atom. The fraction of sp³-hybridized carbons (Fsp3) is 0.545. The van der Waals surface area contributed by atoms with Crippen molar-refractivity contribution in [2.24, 2.45) is 0 Å². The van der Waals surface area contributed by atoms with Crippen LogP contribution in [0, 0.1) is 0 Å². The molecule has 0 atom stereocenters. The number of rotatable bonds is 1. The minimum Gasteiger partial charge on any atom is -0.467 e. The highest BCUT2D eigenvalue weighted by Crippen LogP contribution is 2.06. The first-order chi connectivity index (χ1) is 7.33. The fourth-order valence-corrected chi connectivity index (χ4v) is 1.21. The van der Waals surface area contributed by atoms with Gasteiger partial charge in [-0.05, 0) is 31.4 Å². The summed E-state index contributed by atoms with van der Waals surface area (Å²) in [7, 11) is 0. The highest BCUT2D eigenvalue weighted by atomic mass is 16.5. The van der Waals surface area contributed by atoms with Gasteiger partial charge in [0, 0.05) is 6.42 Å². The van der Waals surface area contributed by atoms with Gasteiger partial charge >= 0.3 is 5.97 Å². The molecule has 1 saturated heterocycles. The zero-order valence-corrected chi connectivity index (χ0v) is 8.65. The molecule has 15 heavy (non-hydrogen) atoms. The molecule has 0 aromatic carbocycles. The van der Waals surface area contributed by atoms with Gasteiger partial charge in [-0.3, -0.25) is 4.79 Å². The first-order valence-corrected chi connectivity index (χ1v) is 5.12. The number of aliphatic hydroxyl groups is 1. The maximum absolute atomic E-state index is 10.5. The Labute approximate surface area is 88.8 Å². The van der Waals surface area contributed by atoms with Crippen LogP contribution >= 0.6 is 0 Å². The minimum absolute atomic E-state index is 0.00694. The molecule has 4 nitrogen and oxygen atoms in total. The third-order valence-corrected chi connectivity index (χ3v) is 2.02. The summed E-state index contributed by atoms with van der Waals surface area (Å²) < 4.78 is 9.50. The number of carbonyl (C=O) groups is 1. The van der Waals surface area contributed by atoms with Crippen LogP contribution in [-0.4, -0.2) is 17.7 Å². The third-order valence-electron chi connectivity index (χ3n) is 2.02. The molecule has 0 aliphatic carbocycles. The molecule has 2 heterocycles. The highest BCUT2D eigenvalue weighted by Gasteiger charge is 2.05. The van der Waals surface area contributed by atoms with Crippen molar-refractivity contribution < 1.29 is 19.1 Å². The zero-order chi connectivity index (χ0) is 10.9. The summed E-state index contributed by atoms with van der Waals surface area (Å²) in [5.74, 6) is 0.586. The van der Waals surface area contributed by atoms with Crippen molar-refractivity contribution in [2.75, 3.05) is 6.61 Å². The van der Waals surface area contributed by atoms with E-state index in [2.05, 4.69) is 0 Å². The van der Waals surface area contributed by atoms with E-state index in [9.17, 15) is 4.79 Å². The van der Waals surface area contributed by atoms with E-state index >= 15 is 0 Å². The lowest BCUT2D eigenvalue weighted by molar-refractivity contribution is -0.142. The average molecular weight is 212 g/mol. The molecule has 2 rings (SSSR count). The van der Waals surface area contributed by atoms with E-state index in [-0.39, 0.29) is 12.6 Å². The van der Waals surface area contributed by atoms with E-state index in [1.807, 2.05) is 0 Å². The van der Waals surface area contributed by atoms with Gasteiger partial charge in [-0.15, -0.1) is 0 Å². The summed E-state index contributed by atoms with van der Waals surface area (Å²) >= 11 is 0. The van der Waals surface area contributed by atoms with Crippen molar-refractivity contribution in [1.82, 2.24) is 0 Å². The van der Waals surface area contributed by atoms with Crippen LogP contribution in [0.25, 0.3) is 0 Å². The van der Waals surface area contributed by atoms with Gasteiger partial charge in [0.2, 0.25) is 0 Å². The Morgan fingerprint density at radius 3 is 2.80 bits per heavy atom. The monoisotopic (exact) mass is 212 g/mol. The van der Waals surface area contributed by atoms with Gasteiger partial charge in [-0.25, -0.2) is 0 Å². The summed E-state index contributed by atoms with van der Waals surface area (Å²) in [5.41, 5.74) is 0. The molecule has 0 saturated carbocycles. The second-order valence-corrected chi connectivity index (χ2v) is 3.27.